The molecule has 2 atom stereocenters. The number of hydrogen-bond donors (Lipinski definition) is 1. The summed E-state index contributed by atoms with van der Waals surface area (Å²) in [5, 5.41) is 9.00. The molecule has 0 saturated carbocycles. The van der Waals surface area contributed by atoms with Crippen LogP contribution in [0.15, 0.2) is 23.8 Å². The van der Waals surface area contributed by atoms with Crippen LogP contribution in [0.4, 0.5) is 0 Å². The molecule has 0 aromatic carbocycles. The highest BCUT2D eigenvalue weighted by Gasteiger charge is 2.37. The molecule has 1 nitrogen and oxygen atoms in total. The Morgan fingerprint density at radius 2 is 2.27 bits per heavy atom. The van der Waals surface area contributed by atoms with Gasteiger partial charge in [0, 0.05) is 0 Å². The van der Waals surface area contributed by atoms with E-state index in [2.05, 4.69) is 40.3 Å². The Labute approximate surface area is 93.9 Å². The van der Waals surface area contributed by atoms with Gasteiger partial charge in [0.05, 0.1) is 6.61 Å². The molecular formula is C14H24O. The monoisotopic (exact) mass is 208 g/mol. The summed E-state index contributed by atoms with van der Waals surface area (Å²) in [5.74, 6) is 1.30. The van der Waals surface area contributed by atoms with E-state index in [0.29, 0.717) is 17.3 Å². The molecule has 0 spiro atoms. The fourth-order valence-electron chi connectivity index (χ4n) is 2.76. The van der Waals surface area contributed by atoms with Crippen molar-refractivity contribution in [1.29, 1.82) is 0 Å². The van der Waals surface area contributed by atoms with Crippen molar-refractivity contribution >= 4 is 0 Å². The minimum atomic E-state index is 0.129. The van der Waals surface area contributed by atoms with Crippen LogP contribution in [0.25, 0.3) is 0 Å². The molecule has 15 heavy (non-hydrogen) atoms. The molecule has 0 amide bonds. The lowest BCUT2D eigenvalue weighted by molar-refractivity contribution is 0.202. The topological polar surface area (TPSA) is 20.2 Å². The van der Waals surface area contributed by atoms with Crippen LogP contribution in [0.3, 0.4) is 0 Å². The van der Waals surface area contributed by atoms with Crippen molar-refractivity contribution in [1.82, 2.24) is 0 Å². The second-order valence-electron chi connectivity index (χ2n) is 5.54. The number of rotatable bonds is 4. The van der Waals surface area contributed by atoms with Crippen molar-refractivity contribution in [3.05, 3.63) is 23.8 Å². The van der Waals surface area contributed by atoms with E-state index in [1.165, 1.54) is 12.0 Å². The first-order valence-corrected chi connectivity index (χ1v) is 5.84. The third-order valence-corrected chi connectivity index (χ3v) is 4.14. The molecule has 1 heteroatoms. The lowest BCUT2D eigenvalue weighted by Crippen LogP contribution is -2.26. The Bertz CT molecular complexity index is 273. The van der Waals surface area contributed by atoms with Gasteiger partial charge in [-0.05, 0) is 37.0 Å². The predicted molar refractivity (Wildman–Crippen MR) is 65.7 cm³/mol. The standard InChI is InChI=1S/C14H24O/c1-10(9-15)8-11(2)13-7-6-12(3)14(13,4)5/h6,11,13,15H,1,7-9H2,2-5H3. The van der Waals surface area contributed by atoms with Crippen LogP contribution in [-0.4, -0.2) is 11.7 Å². The molecule has 1 aliphatic rings. The minimum absolute atomic E-state index is 0.129. The van der Waals surface area contributed by atoms with E-state index in [1.807, 2.05) is 0 Å². The first kappa shape index (κ1) is 12.5. The average Bonchev–Trinajstić information content (AvgIpc) is 2.41. The molecular weight excluding hydrogens is 184 g/mol. The van der Waals surface area contributed by atoms with Crippen LogP contribution >= 0.6 is 0 Å². The van der Waals surface area contributed by atoms with Gasteiger partial charge in [0.15, 0.2) is 0 Å². The molecule has 0 aromatic rings. The molecule has 1 aliphatic carbocycles. The molecule has 0 heterocycles. The van der Waals surface area contributed by atoms with Crippen LogP contribution in [0.2, 0.25) is 0 Å². The van der Waals surface area contributed by atoms with E-state index in [0.717, 1.165) is 12.0 Å². The van der Waals surface area contributed by atoms with Crippen molar-refractivity contribution < 1.29 is 5.11 Å². The molecule has 0 aliphatic heterocycles. The Hall–Kier alpha value is -0.560. The highest BCUT2D eigenvalue weighted by molar-refractivity contribution is 5.19. The maximum atomic E-state index is 9.00. The normalized spacial score (nSPS) is 26.2. The van der Waals surface area contributed by atoms with Crippen molar-refractivity contribution in [2.75, 3.05) is 6.61 Å². The molecule has 1 N–H and O–H groups in total. The van der Waals surface area contributed by atoms with Gasteiger partial charge in [-0.25, -0.2) is 0 Å². The Morgan fingerprint density at radius 1 is 1.67 bits per heavy atom. The van der Waals surface area contributed by atoms with Crippen LogP contribution < -0.4 is 0 Å². The number of aliphatic hydroxyl groups excluding tert-OH is 1. The summed E-state index contributed by atoms with van der Waals surface area (Å²) in [4.78, 5) is 0. The van der Waals surface area contributed by atoms with Gasteiger partial charge in [0.25, 0.3) is 0 Å². The SMILES string of the molecule is C=C(CO)CC(C)C1CC=C(C)C1(C)C. The first-order valence-electron chi connectivity index (χ1n) is 5.84. The second kappa shape index (κ2) is 4.52. The van der Waals surface area contributed by atoms with Gasteiger partial charge in [0.2, 0.25) is 0 Å². The van der Waals surface area contributed by atoms with Gasteiger partial charge in [0.1, 0.15) is 0 Å². The zero-order chi connectivity index (χ0) is 11.6. The Morgan fingerprint density at radius 3 is 2.67 bits per heavy atom. The summed E-state index contributed by atoms with van der Waals surface area (Å²) in [6, 6.07) is 0. The largest absolute Gasteiger partial charge is 0.392 e. The molecule has 86 valence electrons. The van der Waals surface area contributed by atoms with Crippen molar-refractivity contribution in [3.63, 3.8) is 0 Å². The number of allylic oxidation sites excluding steroid dienone is 2. The van der Waals surface area contributed by atoms with Crippen molar-refractivity contribution in [3.8, 4) is 0 Å². The Kier molecular flexibility index (Phi) is 3.77. The van der Waals surface area contributed by atoms with E-state index in [9.17, 15) is 0 Å². The smallest absolute Gasteiger partial charge is 0.0639 e. The molecule has 0 fully saturated rings. The Balaban J connectivity index is 2.63. The van der Waals surface area contributed by atoms with Crippen LogP contribution in [0.5, 0.6) is 0 Å². The quantitative estimate of drug-likeness (QED) is 0.700. The molecule has 0 aromatic heterocycles. The van der Waals surface area contributed by atoms with Crippen molar-refractivity contribution in [2.45, 2.75) is 40.5 Å². The van der Waals surface area contributed by atoms with Crippen molar-refractivity contribution in [2.24, 2.45) is 17.3 Å². The zero-order valence-electron chi connectivity index (χ0n) is 10.5. The highest BCUT2D eigenvalue weighted by atomic mass is 16.3. The highest BCUT2D eigenvalue weighted by Crippen LogP contribution is 2.47. The second-order valence-corrected chi connectivity index (χ2v) is 5.54. The summed E-state index contributed by atoms with van der Waals surface area (Å²) in [7, 11) is 0. The number of aliphatic hydroxyl groups is 1. The summed E-state index contributed by atoms with van der Waals surface area (Å²) in [5.41, 5.74) is 2.78. The maximum Gasteiger partial charge on any atom is 0.0639 e. The molecule has 0 radical (unpaired) electrons. The van der Waals surface area contributed by atoms with Gasteiger partial charge in [-0.15, -0.1) is 0 Å². The average molecular weight is 208 g/mol. The fraction of sp³-hybridized carbons (Fsp3) is 0.714. The van der Waals surface area contributed by atoms with E-state index in [1.54, 1.807) is 0 Å². The molecule has 1 rings (SSSR count). The predicted octanol–water partition coefficient (Wildman–Crippen LogP) is 3.55. The third kappa shape index (κ3) is 2.52. The lowest BCUT2D eigenvalue weighted by atomic mass is 9.70. The third-order valence-electron chi connectivity index (χ3n) is 4.14. The van der Waals surface area contributed by atoms with Crippen LogP contribution in [-0.2, 0) is 0 Å². The van der Waals surface area contributed by atoms with Gasteiger partial charge < -0.3 is 5.11 Å². The van der Waals surface area contributed by atoms with Crippen LogP contribution in [0, 0.1) is 17.3 Å². The van der Waals surface area contributed by atoms with E-state index < -0.39 is 0 Å². The molecule has 0 saturated heterocycles. The molecule has 2 unspecified atom stereocenters. The zero-order valence-corrected chi connectivity index (χ0v) is 10.5. The summed E-state index contributed by atoms with van der Waals surface area (Å²) in [6.45, 7) is 13.2. The van der Waals surface area contributed by atoms with Gasteiger partial charge in [-0.3, -0.25) is 0 Å². The van der Waals surface area contributed by atoms with Gasteiger partial charge in [-0.2, -0.15) is 0 Å². The van der Waals surface area contributed by atoms with E-state index in [-0.39, 0.29) is 6.61 Å². The van der Waals surface area contributed by atoms with Gasteiger partial charge >= 0.3 is 0 Å². The fourth-order valence-corrected chi connectivity index (χ4v) is 2.76. The minimum Gasteiger partial charge on any atom is -0.392 e. The lowest BCUT2D eigenvalue weighted by Gasteiger charge is -2.34. The van der Waals surface area contributed by atoms with Gasteiger partial charge in [-0.1, -0.05) is 44.6 Å². The number of hydrogen-bond acceptors (Lipinski definition) is 1. The molecule has 0 bridgehead atoms. The summed E-state index contributed by atoms with van der Waals surface area (Å²) < 4.78 is 0. The van der Waals surface area contributed by atoms with Crippen LogP contribution in [0.1, 0.15) is 40.5 Å². The summed E-state index contributed by atoms with van der Waals surface area (Å²) in [6.07, 6.45) is 4.49. The maximum absolute atomic E-state index is 9.00. The van der Waals surface area contributed by atoms with E-state index in [4.69, 9.17) is 5.11 Å². The summed E-state index contributed by atoms with van der Waals surface area (Å²) >= 11 is 0. The first-order chi connectivity index (χ1) is 6.89. The van der Waals surface area contributed by atoms with E-state index >= 15 is 0 Å².